The first-order chi connectivity index (χ1) is 65.1. The van der Waals surface area contributed by atoms with Crippen LogP contribution in [0.5, 0.6) is 11.5 Å². The third-order valence-electron chi connectivity index (χ3n) is 22.3. The summed E-state index contributed by atoms with van der Waals surface area (Å²) in [5.74, 6) is -3.61. The fourth-order valence-electron chi connectivity index (χ4n) is 17.5. The van der Waals surface area contributed by atoms with Gasteiger partial charge in [-0.1, -0.05) is 91.0 Å². The lowest BCUT2D eigenvalue weighted by Crippen LogP contribution is -2.36. The second-order valence-corrected chi connectivity index (χ2v) is 29.3. The Morgan fingerprint density at radius 3 is 0.779 bits per heavy atom. The predicted molar refractivity (Wildman–Crippen MR) is 454 cm³/mol. The van der Waals surface area contributed by atoms with Gasteiger partial charge in [0.2, 0.25) is 0 Å². The number of benzene rings is 9. The molecule has 0 aliphatic heterocycles. The first kappa shape index (κ1) is 92.9. The second kappa shape index (κ2) is 36.9. The Bertz CT molecular complexity index is 8080. The molecule has 9 aromatic carbocycles. The Hall–Kier alpha value is -20.8. The van der Waals surface area contributed by atoms with E-state index in [0.717, 1.165) is 6.07 Å². The summed E-state index contributed by atoms with van der Waals surface area (Å²) < 4.78 is 186. The Labute approximate surface area is 761 Å². The van der Waals surface area contributed by atoms with Gasteiger partial charge in [-0.25, -0.2) is 14.5 Å². The van der Waals surface area contributed by atoms with Crippen LogP contribution in [0.2, 0.25) is 0 Å². The number of halogens is 12. The number of nitriles is 11. The molecule has 9 aromatic rings. The number of hydrogen-bond acceptors (Lipinski definition) is 13. The fraction of sp³-hybridized carbons (Fsp3) is 0.0980. The molecule has 0 amide bonds. The van der Waals surface area contributed by atoms with E-state index in [9.17, 15) is 84.2 Å². The molecule has 136 heavy (non-hydrogen) atoms. The Balaban J connectivity index is 0.000000173. The summed E-state index contributed by atoms with van der Waals surface area (Å²) in [5.41, 5.74) is -5.60. The zero-order chi connectivity index (χ0) is 98.5. The molecule has 6 aliphatic carbocycles. The molecule has 0 spiro atoms. The average molecular weight is 1800 g/mol. The van der Waals surface area contributed by atoms with Crippen LogP contribution in [0.3, 0.4) is 0 Å². The van der Waals surface area contributed by atoms with Gasteiger partial charge >= 0.3 is 42.5 Å². The molecule has 640 valence electrons. The molecular weight excluding hydrogens is 1770 g/mol. The topological polar surface area (TPSA) is 319 Å². The van der Waals surface area contributed by atoms with Crippen LogP contribution < -0.4 is 40.8 Å². The van der Waals surface area contributed by atoms with Gasteiger partial charge in [-0.2, -0.15) is 113 Å². The molecule has 0 saturated heterocycles. The number of hydrogen-bond donors (Lipinski definition) is 0. The summed E-state index contributed by atoms with van der Waals surface area (Å²) in [4.78, 5) is 29.5. The first-order valence-corrected chi connectivity index (χ1v) is 38.5. The van der Waals surface area contributed by atoms with Crippen LogP contribution >= 0.6 is 0 Å². The van der Waals surface area contributed by atoms with Gasteiger partial charge in [0.25, 0.3) is 0 Å². The molecule has 34 heteroatoms. The fourth-order valence-corrected chi connectivity index (χ4v) is 17.5. The van der Waals surface area contributed by atoms with Crippen LogP contribution in [0.1, 0.15) is 106 Å². The molecule has 0 aromatic heterocycles. The largest absolute Gasteiger partial charge is 0.573 e. The maximum Gasteiger partial charge on any atom is 0.573 e. The van der Waals surface area contributed by atoms with Crippen molar-refractivity contribution in [3.8, 4) is 78.3 Å². The summed E-state index contributed by atoms with van der Waals surface area (Å²) in [6.07, 6.45) is -24.6. The summed E-state index contributed by atoms with van der Waals surface area (Å²) in [7, 11) is 0. The van der Waals surface area contributed by atoms with E-state index >= 15 is 26.3 Å². The average Bonchev–Trinajstić information content (AvgIpc) is 1.54. The highest BCUT2D eigenvalue weighted by Gasteiger charge is 2.50. The number of rotatable bonds is 8. The van der Waals surface area contributed by atoms with Gasteiger partial charge in [0.05, 0.1) is 93.6 Å². The highest BCUT2D eigenvalue weighted by molar-refractivity contribution is 5.96. The number of nitrogens with zero attached hydrogens (tertiary/aromatic N) is 20. The third-order valence-corrected chi connectivity index (χ3v) is 22.3. The minimum Gasteiger partial charge on any atom is -0.405 e. The standard InChI is InChI=1S/C34H12F6N6O2.C34H12F6N6.C34H12N8/c1-44-21-9-5-8-19(11-21)27-25(32(45-2)46-3)13-24-29(27)30(47-33(35,36)37)23-12-22(20(15-42)16-43)26(18-7-4-6-17(10-18)14-41)28(23)31(24)48-34(38,39)40;1-44-21-9-5-8-19(11-21)27-25(32(45-2)46-3)13-24-29(27)30(33(35,36)37)23-12-22(20(15-42)16-43)26(28(23)31(24)34(38,39)40)18-7-4-6-17(10-18)14-41;1-40-23-9-5-8-21(11-23)31-27(34(41-2)42-3)13-26-29(18-39)32-25(28(17-38)33(26)31)12-24(22(15-36)16-37)30(32)20-7-4-6-19(10-20)14-35/h4-11H,12-13H2;4-11H,12-13H2;4-11H,12-13H2. The SMILES string of the molecule is [C-]#[N+]C([N+]#[C-])=C1Cc2c(C#N)c3c(c(C#N)c2=C1c1cccc([N+]#[C-])c1)CC(=C(C#N)C#N)C=3c1cccc(C#N)c1.[C-]#[N+]C([N+]#[C-])=C1Cc2c(C(F)(F)F)c3c(c(C(F)(F)F)c2=C1c1cccc([N+]#[C-])c1)CC(=C(C#N)C#N)C=3c1cccc(C#N)c1.[C-]#[N+]C([N+]#[C-])=C1Cc2c(OC(F)(F)F)c3c(c(OC(F)(F)F)c2=C1c1cccc([N+]#[C-])c1)CC(=C(C#N)C#N)C=3c1cccc(C#N)c1. The number of fused-ring (bicyclic) bond motifs is 6. The van der Waals surface area contributed by atoms with E-state index in [-0.39, 0.29) is 114 Å². The van der Waals surface area contributed by atoms with Crippen molar-refractivity contribution in [1.82, 2.24) is 0 Å². The van der Waals surface area contributed by atoms with Crippen LogP contribution in [0.15, 0.2) is 213 Å². The molecule has 0 atom stereocenters. The van der Waals surface area contributed by atoms with Crippen molar-refractivity contribution in [1.29, 1.82) is 57.9 Å². The van der Waals surface area contributed by atoms with E-state index in [4.69, 9.17) is 59.1 Å². The van der Waals surface area contributed by atoms with Crippen molar-refractivity contribution in [2.75, 3.05) is 0 Å². The van der Waals surface area contributed by atoms with E-state index in [1.807, 2.05) is 24.3 Å². The second-order valence-electron chi connectivity index (χ2n) is 29.3. The van der Waals surface area contributed by atoms with Crippen LogP contribution in [0, 0.1) is 184 Å². The van der Waals surface area contributed by atoms with Gasteiger partial charge < -0.3 is 9.47 Å². The summed E-state index contributed by atoms with van der Waals surface area (Å²) >= 11 is 0. The van der Waals surface area contributed by atoms with Crippen molar-refractivity contribution in [3.05, 3.63) is 453 Å². The van der Waals surface area contributed by atoms with Crippen molar-refractivity contribution in [3.63, 3.8) is 0 Å². The minimum absolute atomic E-state index is 0.00130. The molecule has 0 unspecified atom stereocenters. The van der Waals surface area contributed by atoms with Crippen LogP contribution in [-0.4, -0.2) is 12.7 Å². The molecule has 0 heterocycles. The molecule has 0 fully saturated rings. The number of alkyl halides is 12. The maximum atomic E-state index is 15.3. The van der Waals surface area contributed by atoms with Crippen LogP contribution in [-0.2, 0) is 50.9 Å². The summed E-state index contributed by atoms with van der Waals surface area (Å²) in [5, 5.41) is 106. The van der Waals surface area contributed by atoms with E-state index in [1.165, 1.54) is 91.0 Å². The number of allylic oxidation sites excluding steroid dienone is 9. The zero-order valence-electron chi connectivity index (χ0n) is 68.4. The molecule has 22 nitrogen and oxygen atoms in total. The molecule has 6 aliphatic rings. The van der Waals surface area contributed by atoms with Gasteiger partial charge in [-0.05, 0) is 184 Å². The van der Waals surface area contributed by atoms with Crippen LogP contribution in [0.25, 0.3) is 77.0 Å². The van der Waals surface area contributed by atoms with E-state index in [0.29, 0.717) is 66.2 Å². The molecule has 0 bridgehead atoms. The highest BCUT2D eigenvalue weighted by Crippen LogP contribution is 2.49. The highest BCUT2D eigenvalue weighted by atomic mass is 19.4. The Morgan fingerprint density at radius 2 is 0.507 bits per heavy atom. The third kappa shape index (κ3) is 16.6. The van der Waals surface area contributed by atoms with Crippen molar-refractivity contribution in [2.24, 2.45) is 0 Å². The smallest absolute Gasteiger partial charge is 0.405 e. The lowest BCUT2D eigenvalue weighted by molar-refractivity contribution is -0.277. The predicted octanol–water partition coefficient (Wildman–Crippen LogP) is 18.6. The normalized spacial score (nSPS) is 12.9. The monoisotopic (exact) mass is 1800 g/mol. The maximum absolute atomic E-state index is 15.3. The van der Waals surface area contributed by atoms with Gasteiger partial charge in [0.15, 0.2) is 17.1 Å². The summed E-state index contributed by atoms with van der Waals surface area (Å²) in [6, 6.07) is 54.6. The first-order valence-electron chi connectivity index (χ1n) is 38.5. The van der Waals surface area contributed by atoms with Gasteiger partial charge in [0, 0.05) is 57.7 Å². The van der Waals surface area contributed by atoms with Gasteiger partial charge in [-0.3, -0.25) is 0 Å². The quantitative estimate of drug-likeness (QED) is 0.0777. The number of ether oxygens (including phenoxy) is 2. The van der Waals surface area contributed by atoms with E-state index in [1.54, 1.807) is 72.8 Å². The van der Waals surface area contributed by atoms with E-state index < -0.39 is 150 Å². The van der Waals surface area contributed by atoms with Crippen molar-refractivity contribution < 1.29 is 62.2 Å². The minimum atomic E-state index is -5.44. The van der Waals surface area contributed by atoms with E-state index in [2.05, 4.69) is 71.3 Å². The molecule has 0 N–H and O–H groups in total. The zero-order valence-corrected chi connectivity index (χ0v) is 68.4. The molecule has 15 rings (SSSR count). The van der Waals surface area contributed by atoms with Gasteiger partial charge in [0.1, 0.15) is 116 Å². The Morgan fingerprint density at radius 1 is 0.272 bits per heavy atom. The lowest BCUT2D eigenvalue weighted by Gasteiger charge is -2.19. The molecule has 0 saturated carbocycles. The molecule has 0 radical (unpaired) electrons. The lowest BCUT2D eigenvalue weighted by atomic mass is 9.90. The van der Waals surface area contributed by atoms with Crippen LogP contribution in [0.4, 0.5) is 69.7 Å². The van der Waals surface area contributed by atoms with Crippen molar-refractivity contribution in [2.45, 2.75) is 63.6 Å². The van der Waals surface area contributed by atoms with Gasteiger partial charge in [-0.15, -0.1) is 26.3 Å². The van der Waals surface area contributed by atoms with Crippen molar-refractivity contribution >= 4 is 50.5 Å². The molecular formula is C102H36F12N20O2. The summed E-state index contributed by atoms with van der Waals surface area (Å²) in [6.45, 7) is 67.6. The Kier molecular flexibility index (Phi) is 25.2.